The lowest BCUT2D eigenvalue weighted by molar-refractivity contribution is -0.121. The van der Waals surface area contributed by atoms with Gasteiger partial charge in [0.1, 0.15) is 5.75 Å². The van der Waals surface area contributed by atoms with Crippen molar-refractivity contribution >= 4 is 17.6 Å². The van der Waals surface area contributed by atoms with Crippen LogP contribution in [0.15, 0.2) is 29.3 Å². The highest BCUT2D eigenvalue weighted by atomic mass is 16.5. The molecule has 7 nitrogen and oxygen atoms in total. The Hall–Kier alpha value is -2.28. The second-order valence-corrected chi connectivity index (χ2v) is 8.37. The number of fused-ring (bicyclic) bond motifs is 3. The number of carbonyl (C=O) groups is 1. The maximum atomic E-state index is 12.3. The predicted octanol–water partition coefficient (Wildman–Crippen LogP) is 1.98. The number of hydrogen-bond donors (Lipinski definition) is 2. The topological polar surface area (TPSA) is 69.2 Å². The summed E-state index contributed by atoms with van der Waals surface area (Å²) in [7, 11) is 4.11. The van der Waals surface area contributed by atoms with Crippen LogP contribution in [0.2, 0.25) is 0 Å². The fraction of sp³-hybridized carbons (Fsp3) is 0.636. The first kappa shape index (κ1) is 20.0. The summed E-state index contributed by atoms with van der Waals surface area (Å²) in [5.41, 5.74) is 0.865. The van der Waals surface area contributed by atoms with Gasteiger partial charge in [0.2, 0.25) is 0 Å². The molecule has 2 fully saturated rings. The van der Waals surface area contributed by atoms with Crippen molar-refractivity contribution in [2.45, 2.75) is 56.7 Å². The molecule has 158 valence electrons. The van der Waals surface area contributed by atoms with Gasteiger partial charge < -0.3 is 25.2 Å². The molecule has 3 heterocycles. The average molecular weight is 400 g/mol. The van der Waals surface area contributed by atoms with Crippen LogP contribution in [0.25, 0.3) is 0 Å². The molecule has 0 aromatic heterocycles. The highest BCUT2D eigenvalue weighted by Gasteiger charge is 2.36. The summed E-state index contributed by atoms with van der Waals surface area (Å²) < 4.78 is 5.51. The third kappa shape index (κ3) is 4.50. The minimum absolute atomic E-state index is 0.0177. The number of rotatable bonds is 5. The molecule has 1 amide bonds. The molecular formula is C22H33N5O2. The van der Waals surface area contributed by atoms with Gasteiger partial charge in [-0.15, -0.1) is 0 Å². The smallest absolute Gasteiger partial charge is 0.265 e. The van der Waals surface area contributed by atoms with Crippen LogP contribution in [-0.4, -0.2) is 68.7 Å². The van der Waals surface area contributed by atoms with E-state index in [1.807, 2.05) is 36.2 Å². The lowest BCUT2D eigenvalue weighted by Crippen LogP contribution is -2.56. The van der Waals surface area contributed by atoms with Gasteiger partial charge in [0.05, 0.1) is 5.69 Å². The van der Waals surface area contributed by atoms with Crippen molar-refractivity contribution in [2.75, 3.05) is 38.7 Å². The molecular weight excluding hydrogens is 366 g/mol. The highest BCUT2D eigenvalue weighted by Crippen LogP contribution is 2.33. The number of amides is 1. The number of ether oxygens (including phenoxy) is 1. The molecule has 3 aliphatic rings. The Balaban J connectivity index is 1.24. The first-order valence-electron chi connectivity index (χ1n) is 10.9. The molecule has 2 bridgehead atoms. The first-order valence-corrected chi connectivity index (χ1v) is 10.9. The van der Waals surface area contributed by atoms with Gasteiger partial charge in [-0.3, -0.25) is 9.79 Å². The summed E-state index contributed by atoms with van der Waals surface area (Å²) >= 11 is 0. The van der Waals surface area contributed by atoms with Gasteiger partial charge in [-0.1, -0.05) is 18.6 Å². The molecule has 1 aromatic carbocycles. The molecule has 4 rings (SSSR count). The Morgan fingerprint density at radius 1 is 1.24 bits per heavy atom. The molecule has 0 aliphatic carbocycles. The molecule has 1 aromatic rings. The van der Waals surface area contributed by atoms with Crippen LogP contribution < -0.4 is 20.3 Å². The number of para-hydroxylation sites is 2. The zero-order chi connectivity index (χ0) is 20.2. The van der Waals surface area contributed by atoms with Crippen LogP contribution in [0.4, 0.5) is 5.69 Å². The first-order chi connectivity index (χ1) is 14.2. The SMILES string of the molecule is CN=C(NCCCN1C(=O)COc2ccccc21)NC1CC2CCCC(C1)N2C. The number of nitrogens with zero attached hydrogens (tertiary/aromatic N) is 3. The third-order valence-electron chi connectivity index (χ3n) is 6.56. The maximum Gasteiger partial charge on any atom is 0.265 e. The normalized spacial score (nSPS) is 27.2. The average Bonchev–Trinajstić information content (AvgIpc) is 2.72. The van der Waals surface area contributed by atoms with E-state index in [0.29, 0.717) is 24.7 Å². The van der Waals surface area contributed by atoms with Crippen molar-refractivity contribution in [3.8, 4) is 5.75 Å². The molecule has 0 saturated carbocycles. The monoisotopic (exact) mass is 399 g/mol. The van der Waals surface area contributed by atoms with Crippen LogP contribution >= 0.6 is 0 Å². The summed E-state index contributed by atoms with van der Waals surface area (Å²) in [6.45, 7) is 1.56. The van der Waals surface area contributed by atoms with Crippen molar-refractivity contribution in [1.82, 2.24) is 15.5 Å². The quantitative estimate of drug-likeness (QED) is 0.450. The molecule has 0 radical (unpaired) electrons. The van der Waals surface area contributed by atoms with E-state index in [4.69, 9.17) is 4.74 Å². The summed E-state index contributed by atoms with van der Waals surface area (Å²) in [6.07, 6.45) is 7.21. The summed E-state index contributed by atoms with van der Waals surface area (Å²) in [4.78, 5) is 21.1. The summed E-state index contributed by atoms with van der Waals surface area (Å²) in [5.74, 6) is 1.67. The zero-order valence-corrected chi connectivity index (χ0v) is 17.6. The summed E-state index contributed by atoms with van der Waals surface area (Å²) in [6, 6.07) is 9.61. The number of anilines is 1. The second-order valence-electron chi connectivity index (χ2n) is 8.37. The fourth-order valence-electron chi connectivity index (χ4n) is 4.96. The molecule has 29 heavy (non-hydrogen) atoms. The van der Waals surface area contributed by atoms with Crippen molar-refractivity contribution in [1.29, 1.82) is 0 Å². The van der Waals surface area contributed by atoms with Gasteiger partial charge in [0.15, 0.2) is 12.6 Å². The number of nitrogens with one attached hydrogen (secondary N) is 2. The van der Waals surface area contributed by atoms with Crippen molar-refractivity contribution in [2.24, 2.45) is 4.99 Å². The molecule has 0 spiro atoms. The third-order valence-corrected chi connectivity index (χ3v) is 6.56. The van der Waals surface area contributed by atoms with E-state index < -0.39 is 0 Å². The fourth-order valence-corrected chi connectivity index (χ4v) is 4.96. The van der Waals surface area contributed by atoms with Gasteiger partial charge in [-0.05, 0) is 51.3 Å². The van der Waals surface area contributed by atoms with Crippen LogP contribution in [0, 0.1) is 0 Å². The van der Waals surface area contributed by atoms with E-state index in [0.717, 1.165) is 30.4 Å². The predicted molar refractivity (Wildman–Crippen MR) is 116 cm³/mol. The zero-order valence-electron chi connectivity index (χ0n) is 17.6. The molecule has 2 atom stereocenters. The summed E-state index contributed by atoms with van der Waals surface area (Å²) in [5, 5.41) is 7.06. The second kappa shape index (κ2) is 9.03. The van der Waals surface area contributed by atoms with Crippen molar-refractivity contribution in [3.05, 3.63) is 24.3 Å². The van der Waals surface area contributed by atoms with E-state index >= 15 is 0 Å². The Kier molecular flexibility index (Phi) is 6.23. The van der Waals surface area contributed by atoms with Crippen molar-refractivity contribution in [3.63, 3.8) is 0 Å². The van der Waals surface area contributed by atoms with Crippen LogP contribution in [0.1, 0.15) is 38.5 Å². The van der Waals surface area contributed by atoms with Crippen molar-refractivity contribution < 1.29 is 9.53 Å². The van der Waals surface area contributed by atoms with E-state index in [9.17, 15) is 4.79 Å². The Labute approximate surface area is 173 Å². The van der Waals surface area contributed by atoms with E-state index in [-0.39, 0.29) is 12.5 Å². The number of aliphatic imine (C=N–C) groups is 1. The lowest BCUT2D eigenvalue weighted by atomic mass is 9.82. The number of benzene rings is 1. The van der Waals surface area contributed by atoms with Gasteiger partial charge in [-0.2, -0.15) is 0 Å². The van der Waals surface area contributed by atoms with E-state index in [1.165, 1.54) is 32.1 Å². The van der Waals surface area contributed by atoms with Gasteiger partial charge >= 0.3 is 0 Å². The molecule has 3 aliphatic heterocycles. The number of guanidine groups is 1. The standard InChI is InChI=1S/C22H33N5O2/c1-23-22(25-16-13-17-7-5-8-18(14-16)26(17)2)24-11-6-12-27-19-9-3-4-10-20(19)29-15-21(27)28/h3-4,9-10,16-18H,5-8,11-15H2,1-2H3,(H2,23,24,25). The number of piperidine rings is 2. The van der Waals surface area contributed by atoms with E-state index in [1.54, 1.807) is 0 Å². The molecule has 2 unspecified atom stereocenters. The number of hydrogen-bond acceptors (Lipinski definition) is 4. The highest BCUT2D eigenvalue weighted by molar-refractivity contribution is 5.97. The minimum Gasteiger partial charge on any atom is -0.482 e. The Morgan fingerprint density at radius 3 is 2.76 bits per heavy atom. The molecule has 2 saturated heterocycles. The van der Waals surface area contributed by atoms with Gasteiger partial charge in [0.25, 0.3) is 5.91 Å². The molecule has 2 N–H and O–H groups in total. The minimum atomic E-state index is 0.0177. The van der Waals surface area contributed by atoms with Crippen LogP contribution in [0.5, 0.6) is 5.75 Å². The lowest BCUT2D eigenvalue weighted by Gasteiger charge is -2.47. The maximum absolute atomic E-state index is 12.3. The Morgan fingerprint density at radius 2 is 2.00 bits per heavy atom. The molecule has 7 heteroatoms. The largest absolute Gasteiger partial charge is 0.482 e. The van der Waals surface area contributed by atoms with Crippen LogP contribution in [-0.2, 0) is 4.79 Å². The Bertz CT molecular complexity index is 738. The number of carbonyl (C=O) groups excluding carboxylic acids is 1. The van der Waals surface area contributed by atoms with Crippen LogP contribution in [0.3, 0.4) is 0 Å². The van der Waals surface area contributed by atoms with Gasteiger partial charge in [-0.25, -0.2) is 0 Å². The van der Waals surface area contributed by atoms with E-state index in [2.05, 4.69) is 27.6 Å². The van der Waals surface area contributed by atoms with Gasteiger partial charge in [0, 0.05) is 38.3 Å².